The monoisotopic (exact) mass is 689 g/mol. The Bertz CT molecular complexity index is 1000. The molecule has 2 aliphatic heterocycles. The molecule has 0 amide bonds. The third kappa shape index (κ3) is 12.2. The van der Waals surface area contributed by atoms with Gasteiger partial charge in [0.2, 0.25) is 0 Å². The molecule has 2 saturated carbocycles. The van der Waals surface area contributed by atoms with E-state index in [1.165, 1.54) is 64.2 Å². The Hall–Kier alpha value is -1.15. The molecule has 0 bridgehead atoms. The van der Waals surface area contributed by atoms with Crippen LogP contribution in [0.2, 0.25) is 0 Å². The molecule has 284 valence electrons. The molecule has 0 aromatic heterocycles. The first-order chi connectivity index (χ1) is 23.1. The maximum Gasteiger partial charge on any atom is 0.306 e. The van der Waals surface area contributed by atoms with Gasteiger partial charge in [-0.3, -0.25) is 14.5 Å². The normalized spacial score (nSPS) is 26.1. The highest BCUT2D eigenvalue weighted by Crippen LogP contribution is 2.43. The lowest BCUT2D eigenvalue weighted by Crippen LogP contribution is -2.63. The summed E-state index contributed by atoms with van der Waals surface area (Å²) in [5.74, 6) is 1.10. The van der Waals surface area contributed by atoms with Crippen molar-refractivity contribution in [3.63, 3.8) is 0 Å². The van der Waals surface area contributed by atoms with Crippen LogP contribution in [0.25, 0.3) is 0 Å². The van der Waals surface area contributed by atoms with Crippen molar-refractivity contribution in [1.29, 1.82) is 0 Å². The second kappa shape index (κ2) is 18.1. The van der Waals surface area contributed by atoms with Crippen LogP contribution in [0.4, 0.5) is 0 Å². The zero-order valence-corrected chi connectivity index (χ0v) is 33.4. The molecular weight excluding hydrogens is 612 g/mol. The highest BCUT2D eigenvalue weighted by Gasteiger charge is 2.50. The molecule has 2 aliphatic carbocycles. The Morgan fingerprint density at radius 3 is 1.31 bits per heavy atom. The molecule has 0 unspecified atom stereocenters. The van der Waals surface area contributed by atoms with E-state index in [-0.39, 0.29) is 40.3 Å². The second-order valence-electron chi connectivity index (χ2n) is 18.6. The standard InChI is InChI=1S/C42H76N2O5/c1-10-33(46-36-29-39(2,3)43(40(4,5)30-36)48-34-24-18-15-19-25-34)23-17-13-11-12-14-22-28-38(45)47-37-31-41(6,7)44(42(8,9)32-37)49-35-26-20-16-21-27-35/h10,34-37H,11-32H2,1-9H3/b33-10-. The molecule has 0 N–H and O–H groups in total. The van der Waals surface area contributed by atoms with E-state index in [1.54, 1.807) is 0 Å². The summed E-state index contributed by atoms with van der Waals surface area (Å²) >= 11 is 0. The van der Waals surface area contributed by atoms with Crippen LogP contribution in [0.5, 0.6) is 0 Å². The number of esters is 1. The molecule has 0 spiro atoms. The van der Waals surface area contributed by atoms with Crippen molar-refractivity contribution in [3.05, 3.63) is 11.8 Å². The summed E-state index contributed by atoms with van der Waals surface area (Å²) in [6.45, 7) is 20.3. The van der Waals surface area contributed by atoms with Gasteiger partial charge in [0.05, 0.1) is 18.0 Å². The number of nitrogens with zero attached hydrogens (tertiary/aromatic N) is 2. The number of ether oxygens (including phenoxy) is 2. The van der Waals surface area contributed by atoms with Crippen molar-refractivity contribution in [2.75, 3.05) is 0 Å². The summed E-state index contributed by atoms with van der Waals surface area (Å²) < 4.78 is 12.7. The molecule has 49 heavy (non-hydrogen) atoms. The molecule has 7 heteroatoms. The van der Waals surface area contributed by atoms with Gasteiger partial charge in [0.15, 0.2) is 0 Å². The largest absolute Gasteiger partial charge is 0.495 e. The van der Waals surface area contributed by atoms with Gasteiger partial charge in [-0.1, -0.05) is 64.2 Å². The molecule has 4 rings (SSSR count). The summed E-state index contributed by atoms with van der Waals surface area (Å²) in [5.41, 5.74) is -0.474. The Morgan fingerprint density at radius 1 is 0.531 bits per heavy atom. The van der Waals surface area contributed by atoms with Crippen LogP contribution in [-0.4, -0.2) is 62.7 Å². The van der Waals surface area contributed by atoms with E-state index in [4.69, 9.17) is 19.1 Å². The number of carbonyl (C=O) groups excluding carboxylic acids is 1. The topological polar surface area (TPSA) is 60.5 Å². The smallest absolute Gasteiger partial charge is 0.306 e. The van der Waals surface area contributed by atoms with E-state index in [9.17, 15) is 4.79 Å². The highest BCUT2D eigenvalue weighted by atomic mass is 16.7. The molecule has 0 aromatic carbocycles. The van der Waals surface area contributed by atoms with Gasteiger partial charge in [-0.25, -0.2) is 0 Å². The minimum atomic E-state index is -0.171. The SMILES string of the molecule is C/C=C(/CCCCCCCCC(=O)OC1CC(C)(C)N(OC2CCCCC2)C(C)(C)C1)OC1CC(C)(C)N(OC2CCCCC2)C(C)(C)C1. The maximum atomic E-state index is 12.8. The summed E-state index contributed by atoms with van der Waals surface area (Å²) in [6, 6.07) is 0. The third-order valence-corrected chi connectivity index (χ3v) is 11.7. The molecule has 7 nitrogen and oxygen atoms in total. The van der Waals surface area contributed by atoms with Crippen LogP contribution in [-0.2, 0) is 23.9 Å². The first kappa shape index (κ1) is 40.6. The number of allylic oxidation sites excluding steroid dienone is 2. The van der Waals surface area contributed by atoms with Crippen molar-refractivity contribution < 1.29 is 23.9 Å². The number of hydrogen-bond acceptors (Lipinski definition) is 7. The minimum Gasteiger partial charge on any atom is -0.495 e. The molecule has 2 saturated heterocycles. The van der Waals surface area contributed by atoms with Crippen molar-refractivity contribution in [1.82, 2.24) is 10.1 Å². The van der Waals surface area contributed by atoms with Gasteiger partial charge in [0.1, 0.15) is 12.2 Å². The lowest BCUT2D eigenvalue weighted by Gasteiger charge is -2.54. The van der Waals surface area contributed by atoms with Gasteiger partial charge in [-0.05, 0) is 107 Å². The lowest BCUT2D eigenvalue weighted by molar-refractivity contribution is -0.318. The van der Waals surface area contributed by atoms with Crippen molar-refractivity contribution >= 4 is 5.97 Å². The highest BCUT2D eigenvalue weighted by molar-refractivity contribution is 5.69. The van der Waals surface area contributed by atoms with Crippen LogP contribution >= 0.6 is 0 Å². The second-order valence-corrected chi connectivity index (χ2v) is 18.6. The van der Waals surface area contributed by atoms with Gasteiger partial charge < -0.3 is 9.47 Å². The fourth-order valence-corrected chi connectivity index (χ4v) is 9.73. The molecular formula is C42H76N2O5. The Labute approximate surface area is 301 Å². The number of hydroxylamine groups is 4. The van der Waals surface area contributed by atoms with Gasteiger partial charge in [0.25, 0.3) is 0 Å². The minimum absolute atomic E-state index is 0.0362. The average Bonchev–Trinajstić information content (AvgIpc) is 3.01. The van der Waals surface area contributed by atoms with Crippen molar-refractivity contribution in [2.45, 2.75) is 250 Å². The number of unbranched alkanes of at least 4 members (excludes halogenated alkanes) is 5. The maximum absolute atomic E-state index is 12.8. The number of piperidine rings is 2. The molecule has 4 fully saturated rings. The summed E-state index contributed by atoms with van der Waals surface area (Å²) in [7, 11) is 0. The van der Waals surface area contributed by atoms with E-state index in [1.807, 2.05) is 0 Å². The van der Waals surface area contributed by atoms with Crippen LogP contribution in [0.15, 0.2) is 11.8 Å². The quantitative estimate of drug-likeness (QED) is 0.0908. The van der Waals surface area contributed by atoms with Crippen LogP contribution in [0.1, 0.15) is 204 Å². The van der Waals surface area contributed by atoms with E-state index in [0.717, 1.165) is 76.4 Å². The lowest BCUT2D eigenvalue weighted by atomic mass is 9.80. The van der Waals surface area contributed by atoms with E-state index >= 15 is 0 Å². The van der Waals surface area contributed by atoms with Gasteiger partial charge in [0, 0.05) is 60.7 Å². The number of rotatable bonds is 16. The number of hydrogen-bond donors (Lipinski definition) is 0. The van der Waals surface area contributed by atoms with Crippen LogP contribution in [0, 0.1) is 0 Å². The fraction of sp³-hybridized carbons (Fsp3) is 0.929. The summed E-state index contributed by atoms with van der Waals surface area (Å²) in [5, 5.41) is 4.56. The zero-order valence-electron chi connectivity index (χ0n) is 33.4. The zero-order chi connectivity index (χ0) is 35.7. The van der Waals surface area contributed by atoms with Crippen LogP contribution < -0.4 is 0 Å². The molecule has 4 aliphatic rings. The Balaban J connectivity index is 1.08. The summed E-state index contributed by atoms with van der Waals surface area (Å²) in [6.07, 6.45) is 27.3. The number of carbonyl (C=O) groups is 1. The first-order valence-corrected chi connectivity index (χ1v) is 20.6. The Kier molecular flexibility index (Phi) is 15.0. The average molecular weight is 689 g/mol. The van der Waals surface area contributed by atoms with Gasteiger partial charge in [-0.15, -0.1) is 0 Å². The predicted octanol–water partition coefficient (Wildman–Crippen LogP) is 11.1. The summed E-state index contributed by atoms with van der Waals surface area (Å²) in [4.78, 5) is 26.1. The molecule has 2 heterocycles. The Morgan fingerprint density at radius 2 is 0.898 bits per heavy atom. The van der Waals surface area contributed by atoms with Crippen molar-refractivity contribution in [3.8, 4) is 0 Å². The molecule has 0 radical (unpaired) electrons. The van der Waals surface area contributed by atoms with Gasteiger partial charge in [-0.2, -0.15) is 10.1 Å². The van der Waals surface area contributed by atoms with E-state index in [2.05, 4.69) is 78.5 Å². The fourth-order valence-electron chi connectivity index (χ4n) is 9.73. The third-order valence-electron chi connectivity index (χ3n) is 11.7. The van der Waals surface area contributed by atoms with E-state index < -0.39 is 0 Å². The van der Waals surface area contributed by atoms with Crippen molar-refractivity contribution in [2.24, 2.45) is 0 Å². The predicted molar refractivity (Wildman–Crippen MR) is 200 cm³/mol. The molecule has 0 atom stereocenters. The van der Waals surface area contributed by atoms with E-state index in [0.29, 0.717) is 18.6 Å². The first-order valence-electron chi connectivity index (χ1n) is 20.6. The van der Waals surface area contributed by atoms with Crippen LogP contribution in [0.3, 0.4) is 0 Å². The van der Waals surface area contributed by atoms with Gasteiger partial charge >= 0.3 is 5.97 Å². The molecule has 0 aromatic rings.